The molecule has 2 aliphatic heterocycles. The van der Waals surface area contributed by atoms with Gasteiger partial charge in [0.25, 0.3) is 0 Å². The maximum atomic E-state index is 12.0. The summed E-state index contributed by atoms with van der Waals surface area (Å²) >= 11 is 0. The average Bonchev–Trinajstić information content (AvgIpc) is 3.21. The first-order chi connectivity index (χ1) is 15.6. The van der Waals surface area contributed by atoms with E-state index in [4.69, 9.17) is 9.73 Å². The minimum absolute atomic E-state index is 0. The van der Waals surface area contributed by atoms with E-state index in [0.717, 1.165) is 71.3 Å². The highest BCUT2D eigenvalue weighted by Gasteiger charge is 2.36. The Bertz CT molecular complexity index is 725. The molecule has 0 radical (unpaired) electrons. The van der Waals surface area contributed by atoms with Gasteiger partial charge in [-0.2, -0.15) is 0 Å². The quantitative estimate of drug-likeness (QED) is 0.162. The fourth-order valence-electron chi connectivity index (χ4n) is 4.67. The number of hydrogen-bond acceptors (Lipinski definition) is 5. The van der Waals surface area contributed by atoms with E-state index in [2.05, 4.69) is 64.2 Å². The van der Waals surface area contributed by atoms with Gasteiger partial charge < -0.3 is 19.9 Å². The van der Waals surface area contributed by atoms with Gasteiger partial charge in [0.2, 0.25) is 0 Å². The summed E-state index contributed by atoms with van der Waals surface area (Å²) in [6.07, 6.45) is 2.26. The number of benzene rings is 1. The molecule has 186 valence electrons. The van der Waals surface area contributed by atoms with Gasteiger partial charge in [-0.25, -0.2) is 0 Å². The molecule has 1 aromatic carbocycles. The minimum Gasteiger partial charge on any atom is -0.469 e. The molecule has 3 rings (SSSR count). The topological polar surface area (TPSA) is 60.4 Å². The van der Waals surface area contributed by atoms with Crippen molar-refractivity contribution in [1.29, 1.82) is 0 Å². The van der Waals surface area contributed by atoms with Crippen LogP contribution in [0.4, 0.5) is 0 Å². The molecule has 1 aromatic rings. The van der Waals surface area contributed by atoms with Crippen LogP contribution >= 0.6 is 24.0 Å². The predicted octanol–water partition coefficient (Wildman–Crippen LogP) is 2.91. The van der Waals surface area contributed by atoms with Crippen LogP contribution in [0.3, 0.4) is 0 Å². The number of halogens is 1. The van der Waals surface area contributed by atoms with E-state index in [9.17, 15) is 4.79 Å². The van der Waals surface area contributed by atoms with Crippen molar-refractivity contribution >= 4 is 35.9 Å². The van der Waals surface area contributed by atoms with E-state index in [1.165, 1.54) is 19.1 Å². The zero-order chi connectivity index (χ0) is 22.8. The van der Waals surface area contributed by atoms with E-state index >= 15 is 0 Å². The molecule has 1 N–H and O–H groups in total. The number of likely N-dealkylation sites (tertiary alicyclic amines) is 1. The second-order valence-electron chi connectivity index (χ2n) is 9.06. The van der Waals surface area contributed by atoms with Crippen LogP contribution in [0.15, 0.2) is 35.3 Å². The summed E-state index contributed by atoms with van der Waals surface area (Å²) in [7, 11) is 1.47. The number of carbonyl (C=O) groups is 1. The number of piperazine rings is 1. The molecule has 2 atom stereocenters. The van der Waals surface area contributed by atoms with E-state index in [1.54, 1.807) is 0 Å². The summed E-state index contributed by atoms with van der Waals surface area (Å²) in [5.74, 6) is 1.04. The fraction of sp³-hybridized carbons (Fsp3) is 0.680. The van der Waals surface area contributed by atoms with Crippen molar-refractivity contribution in [2.24, 2.45) is 16.8 Å². The largest absolute Gasteiger partial charge is 0.469 e. The second kappa shape index (κ2) is 14.8. The third-order valence-electron chi connectivity index (χ3n) is 6.61. The first-order valence-corrected chi connectivity index (χ1v) is 12.2. The molecule has 0 aliphatic carbocycles. The van der Waals surface area contributed by atoms with Gasteiger partial charge in [0.1, 0.15) is 0 Å². The Balaban J connectivity index is 0.00000385. The molecular weight excluding hydrogens is 529 g/mol. The number of rotatable bonds is 9. The van der Waals surface area contributed by atoms with Crippen LogP contribution in [-0.4, -0.2) is 92.6 Å². The molecule has 2 unspecified atom stereocenters. The van der Waals surface area contributed by atoms with Crippen molar-refractivity contribution in [3.63, 3.8) is 0 Å². The maximum Gasteiger partial charge on any atom is 0.310 e. The molecule has 0 amide bonds. The number of esters is 1. The lowest BCUT2D eigenvalue weighted by atomic mass is 9.99. The van der Waals surface area contributed by atoms with Gasteiger partial charge in [0.05, 0.1) is 13.0 Å². The molecule has 0 saturated carbocycles. The van der Waals surface area contributed by atoms with E-state index < -0.39 is 0 Å². The molecule has 7 nitrogen and oxygen atoms in total. The van der Waals surface area contributed by atoms with Gasteiger partial charge in [-0.1, -0.05) is 37.3 Å². The predicted molar refractivity (Wildman–Crippen MR) is 145 cm³/mol. The van der Waals surface area contributed by atoms with Crippen LogP contribution in [0, 0.1) is 11.8 Å². The number of ether oxygens (including phenoxy) is 1. The van der Waals surface area contributed by atoms with Crippen molar-refractivity contribution in [3.8, 4) is 0 Å². The Hall–Kier alpha value is -1.39. The zero-order valence-corrected chi connectivity index (χ0v) is 22.9. The number of nitrogens with zero attached hydrogens (tertiary/aromatic N) is 4. The smallest absolute Gasteiger partial charge is 0.310 e. The lowest BCUT2D eigenvalue weighted by Crippen LogP contribution is -2.46. The van der Waals surface area contributed by atoms with Gasteiger partial charge in [-0.15, -0.1) is 24.0 Å². The molecule has 33 heavy (non-hydrogen) atoms. The Morgan fingerprint density at radius 1 is 1.09 bits per heavy atom. The van der Waals surface area contributed by atoms with Crippen molar-refractivity contribution in [2.45, 2.75) is 33.2 Å². The number of carbonyl (C=O) groups excluding carboxylic acids is 1. The molecular formula is C25H42IN5O2. The standard InChI is InChI=1S/C25H41N5O2.HI/c1-4-26-25(30-18-21(2)23(20-30)24(31)32-3)27-12-8-9-13-28-14-16-29(17-15-28)19-22-10-6-5-7-11-22;/h5-7,10-11,21,23H,4,8-9,12-20H2,1-3H3,(H,26,27);1H. The summed E-state index contributed by atoms with van der Waals surface area (Å²) in [5.41, 5.74) is 1.40. The van der Waals surface area contributed by atoms with Crippen molar-refractivity contribution in [1.82, 2.24) is 20.0 Å². The molecule has 0 spiro atoms. The molecule has 0 bridgehead atoms. The van der Waals surface area contributed by atoms with E-state index in [1.807, 2.05) is 0 Å². The van der Waals surface area contributed by atoms with Crippen molar-refractivity contribution in [2.75, 3.05) is 66.0 Å². The van der Waals surface area contributed by atoms with E-state index in [-0.39, 0.29) is 41.8 Å². The first-order valence-electron chi connectivity index (χ1n) is 12.2. The normalized spacial score (nSPS) is 22.2. The lowest BCUT2D eigenvalue weighted by Gasteiger charge is -2.34. The Kier molecular flexibility index (Phi) is 12.5. The Morgan fingerprint density at radius 2 is 1.79 bits per heavy atom. The summed E-state index contributed by atoms with van der Waals surface area (Å²) in [4.78, 5) is 24.2. The summed E-state index contributed by atoms with van der Waals surface area (Å²) < 4.78 is 4.97. The highest BCUT2D eigenvalue weighted by atomic mass is 127. The molecule has 2 saturated heterocycles. The van der Waals surface area contributed by atoms with Crippen LogP contribution in [-0.2, 0) is 16.1 Å². The Morgan fingerprint density at radius 3 is 2.45 bits per heavy atom. The van der Waals surface area contributed by atoms with E-state index in [0.29, 0.717) is 6.54 Å². The monoisotopic (exact) mass is 571 g/mol. The highest BCUT2D eigenvalue weighted by Crippen LogP contribution is 2.24. The number of nitrogens with one attached hydrogen (secondary N) is 1. The molecule has 2 heterocycles. The Labute approximate surface area is 216 Å². The van der Waals surface area contributed by atoms with Gasteiger partial charge in [0.15, 0.2) is 5.96 Å². The van der Waals surface area contributed by atoms with Crippen LogP contribution in [0.5, 0.6) is 0 Å². The highest BCUT2D eigenvalue weighted by molar-refractivity contribution is 14.0. The van der Waals surface area contributed by atoms with Crippen molar-refractivity contribution < 1.29 is 9.53 Å². The SMILES string of the molecule is CCNC(=NCCCCN1CCN(Cc2ccccc2)CC1)N1CC(C)C(C(=O)OC)C1.I. The minimum atomic E-state index is -0.111. The summed E-state index contributed by atoms with van der Waals surface area (Å²) in [5, 5.41) is 3.40. The van der Waals surface area contributed by atoms with Crippen LogP contribution in [0.25, 0.3) is 0 Å². The number of aliphatic imine (C=N–C) groups is 1. The van der Waals surface area contributed by atoms with Gasteiger partial charge in [-0.05, 0) is 37.8 Å². The number of hydrogen-bond donors (Lipinski definition) is 1. The second-order valence-corrected chi connectivity index (χ2v) is 9.06. The third-order valence-corrected chi connectivity index (χ3v) is 6.61. The van der Waals surface area contributed by atoms with Gasteiger partial charge in [0, 0.05) is 58.9 Å². The molecule has 0 aromatic heterocycles. The van der Waals surface area contributed by atoms with Crippen LogP contribution in [0.1, 0.15) is 32.3 Å². The first kappa shape index (κ1) is 27.9. The maximum absolute atomic E-state index is 12.0. The average molecular weight is 572 g/mol. The molecule has 2 fully saturated rings. The number of guanidine groups is 1. The number of methoxy groups -OCH3 is 1. The summed E-state index contributed by atoms with van der Waals surface area (Å²) in [6, 6.07) is 10.8. The van der Waals surface area contributed by atoms with Crippen LogP contribution in [0.2, 0.25) is 0 Å². The lowest BCUT2D eigenvalue weighted by molar-refractivity contribution is -0.145. The van der Waals surface area contributed by atoms with Crippen molar-refractivity contribution in [3.05, 3.63) is 35.9 Å². The molecule has 8 heteroatoms. The van der Waals surface area contributed by atoms with Gasteiger partial charge >= 0.3 is 5.97 Å². The fourth-order valence-corrected chi connectivity index (χ4v) is 4.67. The third kappa shape index (κ3) is 8.72. The zero-order valence-electron chi connectivity index (χ0n) is 20.5. The number of unbranched alkanes of at least 4 members (excludes halogenated alkanes) is 1. The van der Waals surface area contributed by atoms with Gasteiger partial charge in [-0.3, -0.25) is 14.7 Å². The van der Waals surface area contributed by atoms with Crippen LogP contribution < -0.4 is 5.32 Å². The summed E-state index contributed by atoms with van der Waals surface area (Å²) in [6.45, 7) is 14.2. The molecule has 2 aliphatic rings.